The molecule has 0 aliphatic carbocycles. The summed E-state index contributed by atoms with van der Waals surface area (Å²) in [5.41, 5.74) is 5.39. The molecule has 3 N–H and O–H groups in total. The number of rotatable bonds is 5. The van der Waals surface area contributed by atoms with Crippen LogP contribution in [0.15, 0.2) is 11.8 Å². The maximum Gasteiger partial charge on any atom is 0.334 e. The molecule has 0 aliphatic heterocycles. The maximum atomic E-state index is 10.3. The van der Waals surface area contributed by atoms with Crippen molar-refractivity contribution in [3.8, 4) is 0 Å². The fraction of sp³-hybridized carbons (Fsp3) is 0.571. The normalized spacial score (nSPS) is 11.3. The van der Waals surface area contributed by atoms with Crippen LogP contribution in [0.1, 0.15) is 13.3 Å². The van der Waals surface area contributed by atoms with Crippen LogP contribution in [0.5, 0.6) is 0 Å². The van der Waals surface area contributed by atoms with Crippen molar-refractivity contribution < 1.29 is 14.6 Å². The van der Waals surface area contributed by atoms with Gasteiger partial charge in [-0.25, -0.2) is 4.79 Å². The molecule has 0 heterocycles. The van der Waals surface area contributed by atoms with Crippen molar-refractivity contribution in [2.24, 2.45) is 5.73 Å². The number of hydrogen-bond donors (Lipinski definition) is 2. The second-order valence-corrected chi connectivity index (χ2v) is 1.96. The SMILES string of the molecule is CC/C(=C/OCCN)C(=O)O. The first-order valence-electron chi connectivity index (χ1n) is 3.46. The van der Waals surface area contributed by atoms with Gasteiger partial charge in [0.15, 0.2) is 0 Å². The molecular formula is C7H13NO3. The van der Waals surface area contributed by atoms with Gasteiger partial charge < -0.3 is 15.6 Å². The Morgan fingerprint density at radius 1 is 1.73 bits per heavy atom. The molecule has 0 spiro atoms. The van der Waals surface area contributed by atoms with E-state index in [0.29, 0.717) is 19.6 Å². The molecule has 0 aliphatic rings. The minimum Gasteiger partial charge on any atom is -0.499 e. The summed E-state index contributed by atoms with van der Waals surface area (Å²) in [6.07, 6.45) is 1.70. The van der Waals surface area contributed by atoms with Gasteiger partial charge in [-0.15, -0.1) is 0 Å². The van der Waals surface area contributed by atoms with Gasteiger partial charge >= 0.3 is 5.97 Å². The van der Waals surface area contributed by atoms with Gasteiger partial charge in [-0.2, -0.15) is 0 Å². The second-order valence-electron chi connectivity index (χ2n) is 1.96. The zero-order chi connectivity index (χ0) is 8.69. The first-order valence-corrected chi connectivity index (χ1v) is 3.46. The van der Waals surface area contributed by atoms with Gasteiger partial charge in [0.2, 0.25) is 0 Å². The summed E-state index contributed by atoms with van der Waals surface area (Å²) in [5, 5.41) is 8.49. The zero-order valence-corrected chi connectivity index (χ0v) is 6.54. The number of carboxylic acids is 1. The van der Waals surface area contributed by atoms with E-state index in [1.807, 2.05) is 0 Å². The molecule has 0 saturated heterocycles. The molecule has 0 fully saturated rings. The maximum absolute atomic E-state index is 10.3. The van der Waals surface area contributed by atoms with Crippen molar-refractivity contribution >= 4 is 5.97 Å². The fourth-order valence-electron chi connectivity index (χ4n) is 0.513. The summed E-state index contributed by atoms with van der Waals surface area (Å²) in [5.74, 6) is -0.940. The topological polar surface area (TPSA) is 72.5 Å². The summed E-state index contributed by atoms with van der Waals surface area (Å²) >= 11 is 0. The average Bonchev–Trinajstić information content (AvgIpc) is 1.97. The van der Waals surface area contributed by atoms with Gasteiger partial charge in [0.25, 0.3) is 0 Å². The number of carboxylic acid groups (broad SMARTS) is 1. The van der Waals surface area contributed by atoms with Crippen LogP contribution < -0.4 is 5.73 Å². The predicted octanol–water partition coefficient (Wildman–Crippen LogP) is 0.340. The molecule has 4 nitrogen and oxygen atoms in total. The number of ether oxygens (including phenoxy) is 1. The highest BCUT2D eigenvalue weighted by molar-refractivity contribution is 5.86. The highest BCUT2D eigenvalue weighted by Crippen LogP contribution is 1.99. The Hall–Kier alpha value is -1.03. The smallest absolute Gasteiger partial charge is 0.334 e. The molecular weight excluding hydrogens is 146 g/mol. The van der Waals surface area contributed by atoms with Gasteiger partial charge in [-0.05, 0) is 6.42 Å². The Bertz CT molecular complexity index is 154. The van der Waals surface area contributed by atoms with Crippen molar-refractivity contribution in [2.75, 3.05) is 13.2 Å². The lowest BCUT2D eigenvalue weighted by atomic mass is 10.2. The third-order valence-electron chi connectivity index (χ3n) is 1.12. The summed E-state index contributed by atoms with van der Waals surface area (Å²) in [6.45, 7) is 2.51. The molecule has 0 aromatic rings. The van der Waals surface area contributed by atoms with E-state index >= 15 is 0 Å². The van der Waals surface area contributed by atoms with Gasteiger partial charge in [-0.3, -0.25) is 0 Å². The van der Waals surface area contributed by atoms with Crippen LogP contribution in [-0.2, 0) is 9.53 Å². The molecule has 0 atom stereocenters. The molecule has 64 valence electrons. The van der Waals surface area contributed by atoms with E-state index in [1.54, 1.807) is 6.92 Å². The van der Waals surface area contributed by atoms with E-state index in [0.717, 1.165) is 0 Å². The van der Waals surface area contributed by atoms with Crippen molar-refractivity contribution in [3.63, 3.8) is 0 Å². The molecule has 0 aromatic heterocycles. The lowest BCUT2D eigenvalue weighted by Crippen LogP contribution is -2.07. The minimum atomic E-state index is -0.940. The molecule has 0 unspecified atom stereocenters. The molecule has 0 amide bonds. The Labute approximate surface area is 65.6 Å². The van der Waals surface area contributed by atoms with E-state index in [9.17, 15) is 4.79 Å². The van der Waals surface area contributed by atoms with Crippen molar-refractivity contribution in [3.05, 3.63) is 11.8 Å². The summed E-state index contributed by atoms with van der Waals surface area (Å²) < 4.78 is 4.83. The molecule has 11 heavy (non-hydrogen) atoms. The molecule has 0 saturated carbocycles. The lowest BCUT2D eigenvalue weighted by Gasteiger charge is -1.99. The molecule has 0 aromatic carbocycles. The Kier molecular flexibility index (Phi) is 5.20. The molecule has 0 radical (unpaired) electrons. The molecule has 4 heteroatoms. The largest absolute Gasteiger partial charge is 0.499 e. The third-order valence-corrected chi connectivity index (χ3v) is 1.12. The highest BCUT2D eigenvalue weighted by atomic mass is 16.5. The lowest BCUT2D eigenvalue weighted by molar-refractivity contribution is -0.132. The standard InChI is InChI=1S/C7H13NO3/c1-2-6(7(9)10)5-11-4-3-8/h5H,2-4,8H2,1H3,(H,9,10)/b6-5-. The summed E-state index contributed by atoms with van der Waals surface area (Å²) in [4.78, 5) is 10.3. The van der Waals surface area contributed by atoms with Gasteiger partial charge in [-0.1, -0.05) is 6.92 Å². The van der Waals surface area contributed by atoms with Gasteiger partial charge in [0, 0.05) is 6.54 Å². The average molecular weight is 159 g/mol. The monoisotopic (exact) mass is 159 g/mol. The Morgan fingerprint density at radius 3 is 2.73 bits per heavy atom. The van der Waals surface area contributed by atoms with E-state index in [-0.39, 0.29) is 5.57 Å². The third kappa shape index (κ3) is 4.38. The van der Waals surface area contributed by atoms with E-state index < -0.39 is 5.97 Å². The van der Waals surface area contributed by atoms with E-state index in [2.05, 4.69) is 0 Å². The highest BCUT2D eigenvalue weighted by Gasteiger charge is 2.02. The van der Waals surface area contributed by atoms with Gasteiger partial charge in [0.05, 0.1) is 18.4 Å². The van der Waals surface area contributed by atoms with Crippen LogP contribution in [0.2, 0.25) is 0 Å². The second kappa shape index (κ2) is 5.73. The van der Waals surface area contributed by atoms with E-state index in [4.69, 9.17) is 15.6 Å². The van der Waals surface area contributed by atoms with Crippen LogP contribution in [0.4, 0.5) is 0 Å². The van der Waals surface area contributed by atoms with Crippen LogP contribution in [-0.4, -0.2) is 24.2 Å². The quantitative estimate of drug-likeness (QED) is 0.344. The van der Waals surface area contributed by atoms with Crippen LogP contribution >= 0.6 is 0 Å². The predicted molar refractivity (Wildman–Crippen MR) is 41.0 cm³/mol. The first-order chi connectivity index (χ1) is 5.22. The Morgan fingerprint density at radius 2 is 2.36 bits per heavy atom. The number of aliphatic carboxylic acids is 1. The first kappa shape index (κ1) is 9.97. The fourth-order valence-corrected chi connectivity index (χ4v) is 0.513. The Balaban J connectivity index is 3.81. The summed E-state index contributed by atoms with van der Waals surface area (Å²) in [6, 6.07) is 0. The minimum absolute atomic E-state index is 0.262. The van der Waals surface area contributed by atoms with E-state index in [1.165, 1.54) is 6.26 Å². The van der Waals surface area contributed by atoms with Crippen LogP contribution in [0.25, 0.3) is 0 Å². The zero-order valence-electron chi connectivity index (χ0n) is 6.54. The van der Waals surface area contributed by atoms with Crippen LogP contribution in [0, 0.1) is 0 Å². The van der Waals surface area contributed by atoms with Crippen molar-refractivity contribution in [2.45, 2.75) is 13.3 Å². The van der Waals surface area contributed by atoms with Gasteiger partial charge in [0.1, 0.15) is 0 Å². The molecule has 0 bridgehead atoms. The number of carbonyl (C=O) groups is 1. The number of hydrogen-bond acceptors (Lipinski definition) is 3. The van der Waals surface area contributed by atoms with Crippen molar-refractivity contribution in [1.29, 1.82) is 0 Å². The summed E-state index contributed by atoms with van der Waals surface area (Å²) in [7, 11) is 0. The molecule has 0 rings (SSSR count). The number of nitrogens with two attached hydrogens (primary N) is 1. The van der Waals surface area contributed by atoms with Crippen LogP contribution in [0.3, 0.4) is 0 Å². The van der Waals surface area contributed by atoms with Crippen molar-refractivity contribution in [1.82, 2.24) is 0 Å².